The van der Waals surface area contributed by atoms with Crippen LogP contribution in [0.15, 0.2) is 133 Å². The summed E-state index contributed by atoms with van der Waals surface area (Å²) in [6.45, 7) is 8.99. The number of carbonyl (C=O) groups is 1. The van der Waals surface area contributed by atoms with Crippen molar-refractivity contribution < 1.29 is 19.4 Å². The van der Waals surface area contributed by atoms with Crippen molar-refractivity contribution >= 4 is 6.03 Å². The molecule has 2 aliphatic rings. The van der Waals surface area contributed by atoms with Crippen LogP contribution in [0.3, 0.4) is 0 Å². The number of aliphatic hydroxyl groups is 1. The molecule has 5 aromatic rings. The number of ether oxygens (including phenoxy) is 2. The molecule has 2 saturated heterocycles. The largest absolute Gasteiger partial charge is 0.392 e. The average Bonchev–Trinajstić information content (AvgIpc) is 3.22. The van der Waals surface area contributed by atoms with Crippen LogP contribution in [-0.2, 0) is 35.7 Å². The number of piperazine rings is 1. The van der Waals surface area contributed by atoms with E-state index in [0.29, 0.717) is 13.1 Å². The summed E-state index contributed by atoms with van der Waals surface area (Å²) in [6, 6.07) is 45.2. The molecule has 0 saturated carbocycles. The fourth-order valence-electron chi connectivity index (χ4n) is 7.30. The summed E-state index contributed by atoms with van der Waals surface area (Å²) in [4.78, 5) is 17.6. The predicted octanol–water partition coefficient (Wildman–Crippen LogP) is 7.45. The zero-order valence-electron chi connectivity index (χ0n) is 30.4. The molecule has 8 nitrogen and oxygen atoms in total. The quantitative estimate of drug-likeness (QED) is 0.125. The summed E-state index contributed by atoms with van der Waals surface area (Å²) in [5, 5.41) is 15.6. The first-order valence-corrected chi connectivity index (χ1v) is 18.7. The van der Waals surface area contributed by atoms with Crippen LogP contribution in [0, 0.1) is 5.92 Å². The lowest BCUT2D eigenvalue weighted by Gasteiger charge is -2.44. The van der Waals surface area contributed by atoms with E-state index in [4.69, 9.17) is 9.47 Å². The van der Waals surface area contributed by atoms with Gasteiger partial charge in [0.05, 0.1) is 18.8 Å². The van der Waals surface area contributed by atoms with Gasteiger partial charge in [0.15, 0.2) is 6.29 Å². The van der Waals surface area contributed by atoms with Crippen LogP contribution >= 0.6 is 0 Å². The highest BCUT2D eigenvalue weighted by molar-refractivity contribution is 5.74. The van der Waals surface area contributed by atoms with E-state index < -0.39 is 6.29 Å². The van der Waals surface area contributed by atoms with Gasteiger partial charge >= 0.3 is 6.03 Å². The molecule has 2 aliphatic heterocycles. The second-order valence-corrected chi connectivity index (χ2v) is 14.2. The van der Waals surface area contributed by atoms with Gasteiger partial charge in [-0.25, -0.2) is 4.79 Å². The zero-order chi connectivity index (χ0) is 36.4. The maximum absolute atomic E-state index is 12.5. The molecule has 0 radical (unpaired) electrons. The zero-order valence-corrected chi connectivity index (χ0v) is 30.4. The Balaban J connectivity index is 1.03. The molecule has 0 aromatic heterocycles. The number of urea groups is 1. The first kappa shape index (κ1) is 36.5. The molecule has 2 heterocycles. The molecule has 5 aromatic carbocycles. The van der Waals surface area contributed by atoms with Gasteiger partial charge < -0.3 is 25.2 Å². The third-order valence-electron chi connectivity index (χ3n) is 10.4. The summed E-state index contributed by atoms with van der Waals surface area (Å²) >= 11 is 0. The number of nitrogens with one attached hydrogen (secondary N) is 2. The Morgan fingerprint density at radius 1 is 0.642 bits per heavy atom. The molecular weight excluding hydrogens is 661 g/mol. The van der Waals surface area contributed by atoms with E-state index in [0.717, 1.165) is 78.2 Å². The van der Waals surface area contributed by atoms with E-state index in [1.54, 1.807) is 0 Å². The van der Waals surface area contributed by atoms with Gasteiger partial charge in [-0.2, -0.15) is 0 Å². The topological polar surface area (TPSA) is 86.3 Å². The van der Waals surface area contributed by atoms with Gasteiger partial charge in [-0.15, -0.1) is 0 Å². The van der Waals surface area contributed by atoms with Crippen LogP contribution in [0.2, 0.25) is 0 Å². The smallest absolute Gasteiger partial charge is 0.315 e. The van der Waals surface area contributed by atoms with Crippen LogP contribution in [0.1, 0.15) is 52.7 Å². The van der Waals surface area contributed by atoms with Crippen molar-refractivity contribution in [2.24, 2.45) is 5.92 Å². The molecule has 0 bridgehead atoms. The molecule has 53 heavy (non-hydrogen) atoms. The van der Waals surface area contributed by atoms with E-state index in [-0.39, 0.29) is 30.8 Å². The molecule has 3 N–H and O–H groups in total. The van der Waals surface area contributed by atoms with Crippen LogP contribution in [0.25, 0.3) is 11.1 Å². The minimum atomic E-state index is -0.545. The maximum Gasteiger partial charge on any atom is 0.315 e. The predicted molar refractivity (Wildman–Crippen MR) is 209 cm³/mol. The molecule has 2 amide bonds. The standard InChI is InChI=1S/C45H50N4O4/c1-33-42(31-49-24-22-48(23-25-49)30-35-12-6-3-7-13-35)52-44(53-43(33)38-20-18-36(32-50)19-21-38)41-17-9-16-40(27-41)39-15-8-14-37(26-39)29-47-45(51)46-28-34-10-4-2-5-11-34/h2-21,26-27,33,42-44,50H,22-25,28-32H2,1H3,(H2,46,47,51). The molecule has 0 spiro atoms. The number of rotatable bonds is 12. The lowest BCUT2D eigenvalue weighted by molar-refractivity contribution is -0.276. The fourth-order valence-corrected chi connectivity index (χ4v) is 7.30. The summed E-state index contributed by atoms with van der Waals surface area (Å²) in [5.41, 5.74) is 8.47. The van der Waals surface area contributed by atoms with Crippen LogP contribution < -0.4 is 10.6 Å². The molecule has 7 rings (SSSR count). The normalized spacial score (nSPS) is 20.9. The molecule has 4 unspecified atom stereocenters. The van der Waals surface area contributed by atoms with E-state index >= 15 is 0 Å². The van der Waals surface area contributed by atoms with Crippen molar-refractivity contribution in [3.63, 3.8) is 0 Å². The highest BCUT2D eigenvalue weighted by atomic mass is 16.7. The van der Waals surface area contributed by atoms with Gasteiger partial charge in [0.1, 0.15) is 0 Å². The summed E-state index contributed by atoms with van der Waals surface area (Å²) < 4.78 is 13.7. The lowest BCUT2D eigenvalue weighted by Crippen LogP contribution is -2.51. The van der Waals surface area contributed by atoms with Gasteiger partial charge in [0.2, 0.25) is 0 Å². The van der Waals surface area contributed by atoms with Gasteiger partial charge in [0.25, 0.3) is 0 Å². The number of carbonyl (C=O) groups excluding carboxylic acids is 1. The first-order valence-electron chi connectivity index (χ1n) is 18.7. The Hall–Kier alpha value is -4.83. The number of aliphatic hydroxyl groups excluding tert-OH is 1. The number of hydrogen-bond acceptors (Lipinski definition) is 6. The first-order chi connectivity index (χ1) is 26.0. The van der Waals surface area contributed by atoms with Gasteiger partial charge in [-0.05, 0) is 51.1 Å². The van der Waals surface area contributed by atoms with Crippen molar-refractivity contribution in [2.45, 2.75) is 51.7 Å². The number of hydrogen-bond donors (Lipinski definition) is 3. The van der Waals surface area contributed by atoms with Gasteiger partial charge in [0, 0.05) is 63.8 Å². The Labute approximate surface area is 313 Å². The average molecular weight is 711 g/mol. The number of benzene rings is 5. The minimum Gasteiger partial charge on any atom is -0.392 e. The van der Waals surface area contributed by atoms with Crippen LogP contribution in [0.4, 0.5) is 4.79 Å². The van der Waals surface area contributed by atoms with Gasteiger partial charge in [-0.3, -0.25) is 9.80 Å². The molecular formula is C45H50N4O4. The SMILES string of the molecule is CC1C(CN2CCN(Cc3ccccc3)CC2)OC(c2cccc(-c3cccc(CNC(=O)NCc4ccccc4)c3)c2)OC1c1ccc(CO)cc1. The van der Waals surface area contributed by atoms with E-state index in [1.807, 2.05) is 54.6 Å². The maximum atomic E-state index is 12.5. The van der Waals surface area contributed by atoms with Crippen molar-refractivity contribution in [2.75, 3.05) is 32.7 Å². The summed E-state index contributed by atoms with van der Waals surface area (Å²) in [6.07, 6.45) is -0.754. The molecule has 2 fully saturated rings. The summed E-state index contributed by atoms with van der Waals surface area (Å²) in [5.74, 6) is 0.117. The Bertz CT molecular complexity index is 1900. The third kappa shape index (κ3) is 9.79. The van der Waals surface area contributed by atoms with Gasteiger partial charge in [-0.1, -0.05) is 128 Å². The second-order valence-electron chi connectivity index (χ2n) is 14.2. The number of amides is 2. The van der Waals surface area contributed by atoms with Crippen molar-refractivity contribution in [3.05, 3.63) is 167 Å². The van der Waals surface area contributed by atoms with Crippen molar-refractivity contribution in [3.8, 4) is 11.1 Å². The molecule has 8 heteroatoms. The fraction of sp³-hybridized carbons (Fsp3) is 0.311. The van der Waals surface area contributed by atoms with Crippen molar-refractivity contribution in [1.82, 2.24) is 20.4 Å². The van der Waals surface area contributed by atoms with E-state index in [9.17, 15) is 9.90 Å². The van der Waals surface area contributed by atoms with E-state index in [1.165, 1.54) is 5.56 Å². The van der Waals surface area contributed by atoms with Crippen LogP contribution in [0.5, 0.6) is 0 Å². The highest BCUT2D eigenvalue weighted by Gasteiger charge is 2.39. The van der Waals surface area contributed by atoms with Crippen molar-refractivity contribution in [1.29, 1.82) is 0 Å². The highest BCUT2D eigenvalue weighted by Crippen LogP contribution is 2.42. The third-order valence-corrected chi connectivity index (χ3v) is 10.4. The van der Waals surface area contributed by atoms with Crippen LogP contribution in [-0.4, -0.2) is 59.8 Å². The minimum absolute atomic E-state index is 0.0114. The lowest BCUT2D eigenvalue weighted by atomic mass is 9.89. The summed E-state index contributed by atoms with van der Waals surface area (Å²) in [7, 11) is 0. The Kier molecular flexibility index (Phi) is 12.3. The molecule has 0 aliphatic carbocycles. The number of nitrogens with zero attached hydrogens (tertiary/aromatic N) is 2. The van der Waals surface area contributed by atoms with E-state index in [2.05, 4.69) is 106 Å². The molecule has 4 atom stereocenters. The monoisotopic (exact) mass is 710 g/mol. The molecule has 274 valence electrons. The second kappa shape index (κ2) is 17.8. The Morgan fingerprint density at radius 2 is 1.25 bits per heavy atom. The Morgan fingerprint density at radius 3 is 1.94 bits per heavy atom.